The second-order valence-electron chi connectivity index (χ2n) is 7.07. The molecule has 1 heterocycles. The summed E-state index contributed by atoms with van der Waals surface area (Å²) in [6.45, 7) is 0.734. The van der Waals surface area contributed by atoms with E-state index in [1.807, 2.05) is 19.4 Å². The fourth-order valence-corrected chi connectivity index (χ4v) is 3.71. The van der Waals surface area contributed by atoms with Gasteiger partial charge in [0.25, 0.3) is 0 Å². The van der Waals surface area contributed by atoms with Crippen LogP contribution >= 0.6 is 0 Å². The molecule has 1 amide bonds. The Bertz CT molecular complexity index is 725. The normalized spacial score (nSPS) is 23.0. The van der Waals surface area contributed by atoms with Crippen LogP contribution in [0.15, 0.2) is 36.7 Å². The molecule has 0 bridgehead atoms. The maximum Gasteiger partial charge on any atom is 0.225 e. The summed E-state index contributed by atoms with van der Waals surface area (Å²) >= 11 is 0. The molecule has 3 rings (SSSR count). The van der Waals surface area contributed by atoms with E-state index in [0.29, 0.717) is 0 Å². The highest BCUT2D eigenvalue weighted by atomic mass is 19.1. The fraction of sp³-hybridized carbons (Fsp3) is 0.474. The van der Waals surface area contributed by atoms with Crippen molar-refractivity contribution in [3.8, 4) is 0 Å². The molecule has 0 spiro atoms. The van der Waals surface area contributed by atoms with Gasteiger partial charge in [-0.2, -0.15) is 5.10 Å². The first-order valence-electron chi connectivity index (χ1n) is 8.61. The summed E-state index contributed by atoms with van der Waals surface area (Å²) in [5, 5.41) is 7.73. The molecule has 1 N–H and O–H groups in total. The van der Waals surface area contributed by atoms with Gasteiger partial charge in [0, 0.05) is 51.4 Å². The molecule has 0 saturated heterocycles. The Morgan fingerprint density at radius 2 is 2.04 bits per heavy atom. The second-order valence-corrected chi connectivity index (χ2v) is 7.07. The van der Waals surface area contributed by atoms with Crippen molar-refractivity contribution in [2.45, 2.75) is 31.3 Å². The summed E-state index contributed by atoms with van der Waals surface area (Å²) in [6.07, 6.45) is 5.50. The van der Waals surface area contributed by atoms with Crippen LogP contribution < -0.4 is 5.32 Å². The minimum absolute atomic E-state index is 0.0770. The number of carbonyl (C=O) groups is 1. The molecule has 3 atom stereocenters. The molecule has 5 nitrogen and oxygen atoms in total. The van der Waals surface area contributed by atoms with E-state index in [0.717, 1.165) is 30.5 Å². The van der Waals surface area contributed by atoms with Crippen molar-refractivity contribution in [1.29, 1.82) is 0 Å². The molecule has 1 aliphatic rings. The topological polar surface area (TPSA) is 50.2 Å². The van der Waals surface area contributed by atoms with Crippen LogP contribution in [-0.4, -0.2) is 40.7 Å². The van der Waals surface area contributed by atoms with Gasteiger partial charge in [0.05, 0.1) is 6.20 Å². The minimum atomic E-state index is -0.247. The van der Waals surface area contributed by atoms with E-state index in [2.05, 4.69) is 10.4 Å². The fourth-order valence-electron chi connectivity index (χ4n) is 3.71. The average molecular weight is 344 g/mol. The molecule has 1 aliphatic carbocycles. The number of halogens is 1. The van der Waals surface area contributed by atoms with Gasteiger partial charge in [-0.3, -0.25) is 9.48 Å². The Hall–Kier alpha value is -2.21. The van der Waals surface area contributed by atoms with Crippen LogP contribution in [0.2, 0.25) is 0 Å². The minimum Gasteiger partial charge on any atom is -0.349 e. The van der Waals surface area contributed by atoms with Crippen molar-refractivity contribution in [3.63, 3.8) is 0 Å². The van der Waals surface area contributed by atoms with Crippen LogP contribution in [0, 0.1) is 11.7 Å². The van der Waals surface area contributed by atoms with Gasteiger partial charge in [-0.05, 0) is 36.5 Å². The lowest BCUT2D eigenvalue weighted by Crippen LogP contribution is -2.32. The van der Waals surface area contributed by atoms with Crippen LogP contribution in [0.1, 0.15) is 29.9 Å². The molecule has 0 radical (unpaired) electrons. The van der Waals surface area contributed by atoms with Crippen molar-refractivity contribution in [1.82, 2.24) is 20.0 Å². The van der Waals surface area contributed by atoms with Crippen molar-refractivity contribution < 1.29 is 9.18 Å². The van der Waals surface area contributed by atoms with Gasteiger partial charge >= 0.3 is 0 Å². The highest BCUT2D eigenvalue weighted by Crippen LogP contribution is 2.40. The first kappa shape index (κ1) is 17.6. The zero-order valence-electron chi connectivity index (χ0n) is 14.9. The van der Waals surface area contributed by atoms with Gasteiger partial charge in [-0.15, -0.1) is 0 Å². The summed E-state index contributed by atoms with van der Waals surface area (Å²) in [6, 6.07) is 6.81. The monoisotopic (exact) mass is 344 g/mol. The second kappa shape index (κ2) is 7.35. The molecule has 134 valence electrons. The molecule has 0 unspecified atom stereocenters. The molecule has 1 aromatic heterocycles. The van der Waals surface area contributed by atoms with Gasteiger partial charge in [-0.1, -0.05) is 12.1 Å². The van der Waals surface area contributed by atoms with E-state index in [9.17, 15) is 9.18 Å². The predicted octanol–water partition coefficient (Wildman–Crippen LogP) is 2.30. The third-order valence-corrected chi connectivity index (χ3v) is 4.97. The van der Waals surface area contributed by atoms with E-state index in [-0.39, 0.29) is 29.6 Å². The summed E-state index contributed by atoms with van der Waals surface area (Å²) in [4.78, 5) is 14.3. The molecular formula is C19H25FN4O. The predicted molar refractivity (Wildman–Crippen MR) is 94.4 cm³/mol. The van der Waals surface area contributed by atoms with Crippen molar-refractivity contribution in [2.75, 3.05) is 14.1 Å². The molecule has 1 fully saturated rings. The Morgan fingerprint density at radius 3 is 2.64 bits per heavy atom. The maximum atomic E-state index is 13.2. The number of aryl methyl sites for hydroxylation is 1. The standard InChI is InChI=1S/C19H25FN4O/c1-23(2)19(25)18-9-16(21-10-13-11-22-24(3)12-13)8-17(18)14-4-6-15(20)7-5-14/h4-7,11-12,16-18,21H,8-10H2,1-3H3/t16-,17+,18-/m0/s1. The average Bonchev–Trinajstić information content (AvgIpc) is 3.19. The number of benzene rings is 1. The number of carbonyl (C=O) groups excluding carboxylic acids is 1. The summed E-state index contributed by atoms with van der Waals surface area (Å²) in [7, 11) is 5.48. The van der Waals surface area contributed by atoms with Crippen LogP contribution in [0.3, 0.4) is 0 Å². The van der Waals surface area contributed by atoms with E-state index in [4.69, 9.17) is 0 Å². The van der Waals surface area contributed by atoms with Crippen molar-refractivity contribution >= 4 is 5.91 Å². The van der Waals surface area contributed by atoms with Crippen LogP contribution in [0.5, 0.6) is 0 Å². The molecule has 1 aromatic carbocycles. The quantitative estimate of drug-likeness (QED) is 0.905. The van der Waals surface area contributed by atoms with Crippen molar-refractivity contribution in [2.24, 2.45) is 13.0 Å². The zero-order valence-corrected chi connectivity index (χ0v) is 14.9. The smallest absolute Gasteiger partial charge is 0.225 e. The number of nitrogens with zero attached hydrogens (tertiary/aromatic N) is 3. The number of amides is 1. The Labute approximate surface area is 147 Å². The van der Waals surface area contributed by atoms with Crippen molar-refractivity contribution in [3.05, 3.63) is 53.6 Å². The number of rotatable bonds is 5. The molecule has 1 saturated carbocycles. The molecule has 2 aromatic rings. The summed E-state index contributed by atoms with van der Waals surface area (Å²) in [5.74, 6) is -0.0720. The van der Waals surface area contributed by atoms with Crippen LogP contribution in [-0.2, 0) is 18.4 Å². The maximum absolute atomic E-state index is 13.2. The van der Waals surface area contributed by atoms with Gasteiger partial charge in [0.1, 0.15) is 5.82 Å². The van der Waals surface area contributed by atoms with E-state index >= 15 is 0 Å². The summed E-state index contributed by atoms with van der Waals surface area (Å²) in [5.41, 5.74) is 2.16. The van der Waals surface area contributed by atoms with Gasteiger partial charge in [0.2, 0.25) is 5.91 Å². The molecule has 0 aliphatic heterocycles. The Kier molecular flexibility index (Phi) is 5.18. The lowest BCUT2D eigenvalue weighted by atomic mass is 9.88. The number of aromatic nitrogens is 2. The third-order valence-electron chi connectivity index (χ3n) is 4.97. The van der Waals surface area contributed by atoms with Gasteiger partial charge in [-0.25, -0.2) is 4.39 Å². The number of nitrogens with one attached hydrogen (secondary N) is 1. The zero-order chi connectivity index (χ0) is 18.0. The van der Waals surface area contributed by atoms with E-state index in [1.165, 1.54) is 12.1 Å². The van der Waals surface area contributed by atoms with Gasteiger partial charge < -0.3 is 10.2 Å². The number of hydrogen-bond acceptors (Lipinski definition) is 3. The number of hydrogen-bond donors (Lipinski definition) is 1. The molecule has 25 heavy (non-hydrogen) atoms. The largest absolute Gasteiger partial charge is 0.349 e. The Morgan fingerprint density at radius 1 is 1.32 bits per heavy atom. The van der Waals surface area contributed by atoms with E-state index in [1.54, 1.807) is 35.8 Å². The lowest BCUT2D eigenvalue weighted by Gasteiger charge is -2.22. The molecular weight excluding hydrogens is 319 g/mol. The Balaban J connectivity index is 1.72. The highest BCUT2D eigenvalue weighted by Gasteiger charge is 2.39. The lowest BCUT2D eigenvalue weighted by molar-refractivity contribution is -0.133. The van der Waals surface area contributed by atoms with Gasteiger partial charge in [0.15, 0.2) is 0 Å². The summed E-state index contributed by atoms with van der Waals surface area (Å²) < 4.78 is 15.0. The SMILES string of the molecule is CN(C)C(=O)[C@H]1C[C@@H](NCc2cnn(C)c2)C[C@@H]1c1ccc(F)cc1. The molecule has 6 heteroatoms. The first-order chi connectivity index (χ1) is 11.9. The highest BCUT2D eigenvalue weighted by molar-refractivity contribution is 5.80. The van der Waals surface area contributed by atoms with Crippen LogP contribution in [0.25, 0.3) is 0 Å². The third kappa shape index (κ3) is 4.07. The first-order valence-corrected chi connectivity index (χ1v) is 8.61. The van der Waals surface area contributed by atoms with Crippen LogP contribution in [0.4, 0.5) is 4.39 Å². The van der Waals surface area contributed by atoms with E-state index < -0.39 is 0 Å².